The monoisotopic (exact) mass is 456 g/mol. The Labute approximate surface area is 198 Å². The van der Waals surface area contributed by atoms with E-state index in [0.717, 1.165) is 13.2 Å². The summed E-state index contributed by atoms with van der Waals surface area (Å²) in [5, 5.41) is 0. The van der Waals surface area contributed by atoms with Gasteiger partial charge in [-0.15, -0.1) is 0 Å². The Hall–Kier alpha value is 0.137. The van der Waals surface area contributed by atoms with Gasteiger partial charge in [0.25, 0.3) is 0 Å². The standard InChI is InChI=1S/C28H60O2Si/c1-5-7-9-11-13-14-15-16-17-18-19-20-21-22-24-26-28-30-31(3,4)29-27-25-23-12-10-8-6-2/h5-28H2,1-4H3. The summed E-state index contributed by atoms with van der Waals surface area (Å²) in [6.45, 7) is 10.8. The first-order valence-corrected chi connectivity index (χ1v) is 17.2. The van der Waals surface area contributed by atoms with Crippen molar-refractivity contribution in [1.82, 2.24) is 0 Å². The van der Waals surface area contributed by atoms with Crippen LogP contribution in [0.25, 0.3) is 0 Å². The molecule has 0 aromatic heterocycles. The molecule has 0 heterocycles. The van der Waals surface area contributed by atoms with Crippen molar-refractivity contribution in [1.29, 1.82) is 0 Å². The molecule has 0 spiro atoms. The van der Waals surface area contributed by atoms with E-state index in [2.05, 4.69) is 26.9 Å². The summed E-state index contributed by atoms with van der Waals surface area (Å²) in [5.74, 6) is 0. The van der Waals surface area contributed by atoms with Gasteiger partial charge in [-0.1, -0.05) is 142 Å². The van der Waals surface area contributed by atoms with Crippen LogP contribution in [0.5, 0.6) is 0 Å². The Morgan fingerprint density at radius 1 is 0.355 bits per heavy atom. The Morgan fingerprint density at radius 3 is 0.839 bits per heavy atom. The number of hydrogen-bond acceptors (Lipinski definition) is 2. The van der Waals surface area contributed by atoms with E-state index < -0.39 is 8.56 Å². The smallest absolute Gasteiger partial charge is 0.331 e. The Balaban J connectivity index is 3.24. The molecule has 0 aliphatic carbocycles. The zero-order valence-corrected chi connectivity index (χ0v) is 23.3. The fourth-order valence-electron chi connectivity index (χ4n) is 4.21. The Morgan fingerprint density at radius 2 is 0.581 bits per heavy atom. The Kier molecular flexibility index (Phi) is 24.9. The van der Waals surface area contributed by atoms with Crippen LogP contribution < -0.4 is 0 Å². The van der Waals surface area contributed by atoms with Crippen LogP contribution in [-0.4, -0.2) is 21.8 Å². The number of unbranched alkanes of at least 4 members (excludes halogenated alkanes) is 20. The lowest BCUT2D eigenvalue weighted by Gasteiger charge is -2.23. The summed E-state index contributed by atoms with van der Waals surface area (Å²) in [6.07, 6.45) is 30.6. The van der Waals surface area contributed by atoms with Crippen LogP contribution in [0.3, 0.4) is 0 Å². The van der Waals surface area contributed by atoms with Gasteiger partial charge in [0.15, 0.2) is 0 Å². The van der Waals surface area contributed by atoms with Gasteiger partial charge in [-0.25, -0.2) is 0 Å². The van der Waals surface area contributed by atoms with Gasteiger partial charge in [0, 0.05) is 13.2 Å². The van der Waals surface area contributed by atoms with Crippen LogP contribution in [0.1, 0.15) is 155 Å². The molecule has 2 nitrogen and oxygen atoms in total. The zero-order chi connectivity index (χ0) is 22.9. The first-order valence-electron chi connectivity index (χ1n) is 14.4. The molecular weight excluding hydrogens is 396 g/mol. The molecule has 0 bridgehead atoms. The van der Waals surface area contributed by atoms with Gasteiger partial charge in [0.1, 0.15) is 0 Å². The van der Waals surface area contributed by atoms with Crippen molar-refractivity contribution in [2.24, 2.45) is 0 Å². The van der Waals surface area contributed by atoms with Gasteiger partial charge in [-0.05, 0) is 25.9 Å². The van der Waals surface area contributed by atoms with Crippen molar-refractivity contribution in [2.75, 3.05) is 13.2 Å². The highest BCUT2D eigenvalue weighted by Gasteiger charge is 2.23. The van der Waals surface area contributed by atoms with Crippen molar-refractivity contribution >= 4 is 8.56 Å². The van der Waals surface area contributed by atoms with Crippen LogP contribution in [0, 0.1) is 0 Å². The van der Waals surface area contributed by atoms with Gasteiger partial charge < -0.3 is 8.85 Å². The molecule has 0 amide bonds. The number of hydrogen-bond donors (Lipinski definition) is 0. The highest BCUT2D eigenvalue weighted by molar-refractivity contribution is 6.64. The summed E-state index contributed by atoms with van der Waals surface area (Å²) < 4.78 is 12.2. The van der Waals surface area contributed by atoms with Crippen LogP contribution >= 0.6 is 0 Å². The average Bonchev–Trinajstić information content (AvgIpc) is 2.75. The maximum absolute atomic E-state index is 6.11. The molecule has 0 radical (unpaired) electrons. The second kappa shape index (κ2) is 24.8. The van der Waals surface area contributed by atoms with Crippen LogP contribution in [0.4, 0.5) is 0 Å². The number of rotatable bonds is 26. The van der Waals surface area contributed by atoms with Gasteiger partial charge in [0.05, 0.1) is 0 Å². The molecule has 0 saturated heterocycles. The third kappa shape index (κ3) is 26.3. The molecule has 0 aromatic carbocycles. The Bertz CT molecular complexity index is 333. The van der Waals surface area contributed by atoms with Crippen molar-refractivity contribution in [3.05, 3.63) is 0 Å². The molecule has 3 heteroatoms. The van der Waals surface area contributed by atoms with Crippen LogP contribution in [0.15, 0.2) is 0 Å². The fraction of sp³-hybridized carbons (Fsp3) is 1.00. The average molecular weight is 457 g/mol. The molecule has 0 rings (SSSR count). The molecular formula is C28H60O2Si. The summed E-state index contributed by atoms with van der Waals surface area (Å²) in [7, 11) is -1.89. The lowest BCUT2D eigenvalue weighted by molar-refractivity contribution is 0.172. The highest BCUT2D eigenvalue weighted by Crippen LogP contribution is 2.15. The SMILES string of the molecule is CCCCCCCCCCCCCCCCCCO[Si](C)(C)OCCCCCCCC. The first kappa shape index (κ1) is 31.1. The lowest BCUT2D eigenvalue weighted by atomic mass is 10.0. The third-order valence-corrected chi connectivity index (χ3v) is 8.19. The minimum absolute atomic E-state index is 0.893. The third-order valence-electron chi connectivity index (χ3n) is 6.40. The van der Waals surface area contributed by atoms with Gasteiger partial charge >= 0.3 is 8.56 Å². The summed E-state index contributed by atoms with van der Waals surface area (Å²) >= 11 is 0. The normalized spacial score (nSPS) is 12.0. The van der Waals surface area contributed by atoms with Crippen molar-refractivity contribution in [3.8, 4) is 0 Å². The second-order valence-electron chi connectivity index (χ2n) is 10.2. The van der Waals surface area contributed by atoms with Gasteiger partial charge in [-0.3, -0.25) is 0 Å². The quantitative estimate of drug-likeness (QED) is 0.0951. The molecule has 0 unspecified atom stereocenters. The van der Waals surface area contributed by atoms with Crippen molar-refractivity contribution in [3.63, 3.8) is 0 Å². The molecule has 0 atom stereocenters. The molecule has 0 saturated carbocycles. The molecule has 0 aliphatic rings. The fourth-order valence-corrected chi connectivity index (χ4v) is 5.57. The van der Waals surface area contributed by atoms with Gasteiger partial charge in [-0.2, -0.15) is 0 Å². The zero-order valence-electron chi connectivity index (χ0n) is 22.3. The summed E-state index contributed by atoms with van der Waals surface area (Å²) in [6, 6.07) is 0. The maximum Gasteiger partial charge on any atom is 0.331 e. The van der Waals surface area contributed by atoms with Crippen molar-refractivity contribution < 1.29 is 8.85 Å². The largest absolute Gasteiger partial charge is 0.395 e. The van der Waals surface area contributed by atoms with E-state index in [1.807, 2.05) is 0 Å². The van der Waals surface area contributed by atoms with E-state index in [9.17, 15) is 0 Å². The molecule has 188 valence electrons. The minimum Gasteiger partial charge on any atom is -0.395 e. The van der Waals surface area contributed by atoms with Crippen LogP contribution in [0.2, 0.25) is 13.1 Å². The van der Waals surface area contributed by atoms with Gasteiger partial charge in [0.2, 0.25) is 0 Å². The molecule has 0 N–H and O–H groups in total. The lowest BCUT2D eigenvalue weighted by Crippen LogP contribution is -2.35. The predicted octanol–water partition coefficient (Wildman–Crippen LogP) is 10.3. The molecule has 0 aromatic rings. The van der Waals surface area contributed by atoms with E-state index in [4.69, 9.17) is 8.85 Å². The highest BCUT2D eigenvalue weighted by atomic mass is 28.4. The molecule has 0 aliphatic heterocycles. The van der Waals surface area contributed by atoms with Crippen LogP contribution in [-0.2, 0) is 8.85 Å². The minimum atomic E-state index is -1.89. The van der Waals surface area contributed by atoms with E-state index >= 15 is 0 Å². The molecule has 31 heavy (non-hydrogen) atoms. The molecule has 0 fully saturated rings. The van der Waals surface area contributed by atoms with E-state index in [-0.39, 0.29) is 0 Å². The van der Waals surface area contributed by atoms with E-state index in [0.29, 0.717) is 0 Å². The second-order valence-corrected chi connectivity index (χ2v) is 13.5. The topological polar surface area (TPSA) is 18.5 Å². The summed E-state index contributed by atoms with van der Waals surface area (Å²) in [5.41, 5.74) is 0. The maximum atomic E-state index is 6.11. The first-order chi connectivity index (χ1) is 15.1. The van der Waals surface area contributed by atoms with E-state index in [1.54, 1.807) is 0 Å². The van der Waals surface area contributed by atoms with Crippen molar-refractivity contribution in [2.45, 2.75) is 168 Å². The summed E-state index contributed by atoms with van der Waals surface area (Å²) in [4.78, 5) is 0. The predicted molar refractivity (Wildman–Crippen MR) is 142 cm³/mol. The van der Waals surface area contributed by atoms with E-state index in [1.165, 1.54) is 141 Å².